The highest BCUT2D eigenvalue weighted by molar-refractivity contribution is 7.11. The predicted octanol–water partition coefficient (Wildman–Crippen LogP) is 3.05. The van der Waals surface area contributed by atoms with Crippen LogP contribution in [0.4, 0.5) is 0 Å². The smallest absolute Gasteiger partial charge is 0.224 e. The quantitative estimate of drug-likeness (QED) is 0.838. The fourth-order valence-corrected chi connectivity index (χ4v) is 3.82. The van der Waals surface area contributed by atoms with Crippen LogP contribution in [0.25, 0.3) is 0 Å². The third-order valence-corrected chi connectivity index (χ3v) is 5.00. The van der Waals surface area contributed by atoms with Crippen LogP contribution in [0.2, 0.25) is 0 Å². The van der Waals surface area contributed by atoms with Crippen LogP contribution < -0.4 is 5.32 Å². The van der Waals surface area contributed by atoms with Gasteiger partial charge in [-0.25, -0.2) is 0 Å². The zero-order valence-electron chi connectivity index (χ0n) is 12.7. The highest BCUT2D eigenvalue weighted by Crippen LogP contribution is 2.24. The summed E-state index contributed by atoms with van der Waals surface area (Å²) in [6.45, 7) is 7.92. The SMILES string of the molecule is CCCCc1ccc(CN2CC[C@H](C(=O)NCC)C2)s1. The average Bonchev–Trinajstić information content (AvgIpc) is 3.07. The maximum absolute atomic E-state index is 11.8. The van der Waals surface area contributed by atoms with Gasteiger partial charge in [-0.1, -0.05) is 13.3 Å². The van der Waals surface area contributed by atoms with Gasteiger partial charge in [-0.3, -0.25) is 9.69 Å². The summed E-state index contributed by atoms with van der Waals surface area (Å²) in [5, 5.41) is 2.94. The molecule has 4 heteroatoms. The minimum absolute atomic E-state index is 0.189. The largest absolute Gasteiger partial charge is 0.356 e. The van der Waals surface area contributed by atoms with Crippen molar-refractivity contribution in [2.45, 2.75) is 46.1 Å². The Balaban J connectivity index is 1.79. The van der Waals surface area contributed by atoms with Crippen LogP contribution in [-0.4, -0.2) is 30.4 Å². The summed E-state index contributed by atoms with van der Waals surface area (Å²) < 4.78 is 0. The third kappa shape index (κ3) is 4.32. The second kappa shape index (κ2) is 7.79. The van der Waals surface area contributed by atoms with Gasteiger partial charge >= 0.3 is 0 Å². The molecule has 0 radical (unpaired) electrons. The van der Waals surface area contributed by atoms with Crippen LogP contribution in [0, 0.1) is 5.92 Å². The molecule has 1 aromatic rings. The lowest BCUT2D eigenvalue weighted by Crippen LogP contribution is -2.32. The molecule has 1 atom stereocenters. The maximum Gasteiger partial charge on any atom is 0.224 e. The number of aryl methyl sites for hydroxylation is 1. The number of unbranched alkanes of at least 4 members (excludes halogenated alkanes) is 1. The molecule has 2 rings (SSSR count). The van der Waals surface area contributed by atoms with Gasteiger partial charge in [0.25, 0.3) is 0 Å². The van der Waals surface area contributed by atoms with E-state index >= 15 is 0 Å². The fourth-order valence-electron chi connectivity index (χ4n) is 2.72. The van der Waals surface area contributed by atoms with E-state index in [4.69, 9.17) is 0 Å². The summed E-state index contributed by atoms with van der Waals surface area (Å²) >= 11 is 1.94. The zero-order chi connectivity index (χ0) is 14.4. The van der Waals surface area contributed by atoms with E-state index in [2.05, 4.69) is 29.3 Å². The number of hydrogen-bond acceptors (Lipinski definition) is 3. The number of rotatable bonds is 7. The molecule has 0 bridgehead atoms. The maximum atomic E-state index is 11.8. The van der Waals surface area contributed by atoms with Crippen molar-refractivity contribution in [2.75, 3.05) is 19.6 Å². The topological polar surface area (TPSA) is 32.3 Å². The van der Waals surface area contributed by atoms with Gasteiger partial charge in [0, 0.05) is 29.4 Å². The highest BCUT2D eigenvalue weighted by atomic mass is 32.1. The first kappa shape index (κ1) is 15.5. The summed E-state index contributed by atoms with van der Waals surface area (Å²) in [4.78, 5) is 17.2. The van der Waals surface area contributed by atoms with Gasteiger partial charge < -0.3 is 5.32 Å². The van der Waals surface area contributed by atoms with Crippen molar-refractivity contribution < 1.29 is 4.79 Å². The summed E-state index contributed by atoms with van der Waals surface area (Å²) in [7, 11) is 0. The van der Waals surface area contributed by atoms with E-state index in [1.54, 1.807) is 0 Å². The van der Waals surface area contributed by atoms with Gasteiger partial charge in [0.2, 0.25) is 5.91 Å². The summed E-state index contributed by atoms with van der Waals surface area (Å²) in [5.41, 5.74) is 0. The lowest BCUT2D eigenvalue weighted by Gasteiger charge is -2.14. The highest BCUT2D eigenvalue weighted by Gasteiger charge is 2.27. The molecule has 2 heterocycles. The molecule has 1 fully saturated rings. The standard InChI is InChI=1S/C16H26N2OS/c1-3-5-6-14-7-8-15(20-14)12-18-10-9-13(11-18)16(19)17-4-2/h7-8,13H,3-6,9-12H2,1-2H3,(H,17,19)/t13-/m0/s1. The van der Waals surface area contributed by atoms with Gasteiger partial charge in [-0.15, -0.1) is 11.3 Å². The molecule has 1 aliphatic rings. The molecule has 1 N–H and O–H groups in total. The normalized spacial score (nSPS) is 19.4. The molecule has 1 amide bonds. The van der Waals surface area contributed by atoms with Crippen molar-refractivity contribution in [2.24, 2.45) is 5.92 Å². The van der Waals surface area contributed by atoms with Gasteiger partial charge in [0.1, 0.15) is 0 Å². The molecule has 0 aliphatic carbocycles. The first-order chi connectivity index (χ1) is 9.72. The summed E-state index contributed by atoms with van der Waals surface area (Å²) in [6, 6.07) is 4.53. The lowest BCUT2D eigenvalue weighted by molar-refractivity contribution is -0.124. The van der Waals surface area contributed by atoms with E-state index < -0.39 is 0 Å². The van der Waals surface area contributed by atoms with Crippen LogP contribution >= 0.6 is 11.3 Å². The number of thiophene rings is 1. The number of nitrogens with zero attached hydrogens (tertiary/aromatic N) is 1. The van der Waals surface area contributed by atoms with Crippen LogP contribution in [0.5, 0.6) is 0 Å². The number of hydrogen-bond donors (Lipinski definition) is 1. The molecule has 1 saturated heterocycles. The van der Waals surface area contributed by atoms with Crippen LogP contribution in [-0.2, 0) is 17.8 Å². The molecule has 3 nitrogen and oxygen atoms in total. The van der Waals surface area contributed by atoms with E-state index in [1.807, 2.05) is 18.3 Å². The van der Waals surface area contributed by atoms with E-state index in [1.165, 1.54) is 29.0 Å². The second-order valence-electron chi connectivity index (χ2n) is 5.59. The number of likely N-dealkylation sites (tertiary alicyclic amines) is 1. The van der Waals surface area contributed by atoms with Gasteiger partial charge in [-0.2, -0.15) is 0 Å². The minimum atomic E-state index is 0.189. The van der Waals surface area contributed by atoms with Gasteiger partial charge in [0.15, 0.2) is 0 Å². The Morgan fingerprint density at radius 1 is 1.40 bits per heavy atom. The van der Waals surface area contributed by atoms with Crippen molar-refractivity contribution in [1.29, 1.82) is 0 Å². The fraction of sp³-hybridized carbons (Fsp3) is 0.688. The van der Waals surface area contributed by atoms with Crippen molar-refractivity contribution in [1.82, 2.24) is 10.2 Å². The number of carbonyl (C=O) groups excluding carboxylic acids is 1. The minimum Gasteiger partial charge on any atom is -0.356 e. The van der Waals surface area contributed by atoms with E-state index in [0.717, 1.165) is 32.6 Å². The first-order valence-electron chi connectivity index (χ1n) is 7.80. The van der Waals surface area contributed by atoms with Crippen molar-refractivity contribution in [3.63, 3.8) is 0 Å². The van der Waals surface area contributed by atoms with Crippen molar-refractivity contribution in [3.8, 4) is 0 Å². The Bertz CT molecular complexity index is 430. The molecule has 0 spiro atoms. The average molecular weight is 294 g/mol. The van der Waals surface area contributed by atoms with E-state index in [0.29, 0.717) is 0 Å². The van der Waals surface area contributed by atoms with Crippen LogP contribution in [0.15, 0.2) is 12.1 Å². The van der Waals surface area contributed by atoms with Gasteiger partial charge in [0.05, 0.1) is 5.92 Å². The third-order valence-electron chi connectivity index (χ3n) is 3.87. The molecule has 0 saturated carbocycles. The zero-order valence-corrected chi connectivity index (χ0v) is 13.5. The predicted molar refractivity (Wildman–Crippen MR) is 85.0 cm³/mol. The van der Waals surface area contributed by atoms with E-state index in [-0.39, 0.29) is 11.8 Å². The monoisotopic (exact) mass is 294 g/mol. The summed E-state index contributed by atoms with van der Waals surface area (Å²) in [6.07, 6.45) is 4.75. The molecular weight excluding hydrogens is 268 g/mol. The lowest BCUT2D eigenvalue weighted by atomic mass is 10.1. The second-order valence-corrected chi connectivity index (χ2v) is 6.84. The van der Waals surface area contributed by atoms with Crippen LogP contribution in [0.3, 0.4) is 0 Å². The molecule has 0 aromatic carbocycles. The van der Waals surface area contributed by atoms with Crippen molar-refractivity contribution in [3.05, 3.63) is 21.9 Å². The number of carbonyl (C=O) groups is 1. The molecule has 0 unspecified atom stereocenters. The molecule has 112 valence electrons. The van der Waals surface area contributed by atoms with Gasteiger partial charge in [-0.05, 0) is 44.9 Å². The molecule has 1 aromatic heterocycles. The number of amides is 1. The van der Waals surface area contributed by atoms with Crippen molar-refractivity contribution >= 4 is 17.2 Å². The Hall–Kier alpha value is -0.870. The Kier molecular flexibility index (Phi) is 6.05. The first-order valence-corrected chi connectivity index (χ1v) is 8.62. The van der Waals surface area contributed by atoms with Crippen LogP contribution in [0.1, 0.15) is 42.9 Å². The summed E-state index contributed by atoms with van der Waals surface area (Å²) in [5.74, 6) is 0.416. The van der Waals surface area contributed by atoms with E-state index in [9.17, 15) is 4.79 Å². The molecule has 20 heavy (non-hydrogen) atoms. The molecule has 1 aliphatic heterocycles. The Labute approximate surface area is 126 Å². The Morgan fingerprint density at radius 2 is 2.20 bits per heavy atom. The number of nitrogens with one attached hydrogen (secondary N) is 1. The molecular formula is C16H26N2OS. The Morgan fingerprint density at radius 3 is 2.95 bits per heavy atom.